The molecule has 0 radical (unpaired) electrons. The fourth-order valence-corrected chi connectivity index (χ4v) is 1.12. The molecule has 0 saturated carbocycles. The summed E-state index contributed by atoms with van der Waals surface area (Å²) >= 11 is 0. The Bertz CT molecular complexity index is 232. The number of halogens is 1. The lowest BCUT2D eigenvalue weighted by molar-refractivity contribution is 0.109. The normalized spacial score (nSPS) is 15.6. The van der Waals surface area contributed by atoms with Gasteiger partial charge in [0.2, 0.25) is 0 Å². The fraction of sp³-hybridized carbons (Fsp3) is 0.455. The third-order valence-electron chi connectivity index (χ3n) is 1.83. The molecule has 2 rings (SSSR count). The summed E-state index contributed by atoms with van der Waals surface area (Å²) in [6.07, 6.45) is 0. The van der Waals surface area contributed by atoms with E-state index in [0.29, 0.717) is 0 Å². The van der Waals surface area contributed by atoms with Gasteiger partial charge < -0.3 is 10.1 Å². The smallest absolute Gasteiger partial charge is 0.123 e. The van der Waals surface area contributed by atoms with Gasteiger partial charge in [0.1, 0.15) is 5.82 Å². The second-order valence-corrected chi connectivity index (χ2v) is 3.16. The van der Waals surface area contributed by atoms with Gasteiger partial charge in [0.25, 0.3) is 0 Å². The van der Waals surface area contributed by atoms with Gasteiger partial charge in [-0.15, -0.1) is 0 Å². The van der Waals surface area contributed by atoms with Crippen LogP contribution in [0.5, 0.6) is 0 Å². The Hall–Kier alpha value is -0.930. The molecule has 0 aromatic heterocycles. The van der Waals surface area contributed by atoms with Crippen molar-refractivity contribution in [1.82, 2.24) is 5.32 Å². The van der Waals surface area contributed by atoms with Crippen LogP contribution in [0.2, 0.25) is 0 Å². The predicted octanol–water partition coefficient (Wildman–Crippen LogP) is 1.74. The molecule has 1 aliphatic rings. The molecule has 1 aromatic carbocycles. The molecular formula is C11H16FNO. The maximum Gasteiger partial charge on any atom is 0.123 e. The second kappa shape index (κ2) is 6.51. The summed E-state index contributed by atoms with van der Waals surface area (Å²) in [5.74, 6) is -0.162. The van der Waals surface area contributed by atoms with Gasteiger partial charge in [0, 0.05) is 13.1 Å². The van der Waals surface area contributed by atoms with E-state index in [0.717, 1.165) is 31.9 Å². The standard InChI is InChI=1S/C7H7F.C4H9NO/c1-6-3-2-4-7(8)5-6;1-3-6-4-2-5-1/h2-5H,1H3;5H,1-4H2. The molecule has 1 aliphatic heterocycles. The number of hydrogen-bond donors (Lipinski definition) is 1. The Kier molecular flexibility index (Phi) is 5.19. The van der Waals surface area contributed by atoms with Gasteiger partial charge in [-0.2, -0.15) is 0 Å². The van der Waals surface area contributed by atoms with E-state index in [1.165, 1.54) is 12.1 Å². The Morgan fingerprint density at radius 2 is 2.00 bits per heavy atom. The average molecular weight is 197 g/mol. The topological polar surface area (TPSA) is 21.3 Å². The lowest BCUT2D eigenvalue weighted by atomic mass is 10.2. The summed E-state index contributed by atoms with van der Waals surface area (Å²) in [6, 6.07) is 6.50. The quantitative estimate of drug-likeness (QED) is 0.684. The van der Waals surface area contributed by atoms with Gasteiger partial charge in [-0.1, -0.05) is 12.1 Å². The first kappa shape index (κ1) is 11.1. The van der Waals surface area contributed by atoms with Crippen LogP contribution in [0, 0.1) is 12.7 Å². The van der Waals surface area contributed by atoms with Gasteiger partial charge in [-0.05, 0) is 24.6 Å². The largest absolute Gasteiger partial charge is 0.379 e. The van der Waals surface area contributed by atoms with Gasteiger partial charge in [-0.3, -0.25) is 0 Å². The van der Waals surface area contributed by atoms with Crippen molar-refractivity contribution in [3.05, 3.63) is 35.6 Å². The molecule has 0 atom stereocenters. The lowest BCUT2D eigenvalue weighted by Crippen LogP contribution is -2.30. The Morgan fingerprint density at radius 3 is 2.29 bits per heavy atom. The van der Waals surface area contributed by atoms with Crippen LogP contribution in [0.25, 0.3) is 0 Å². The summed E-state index contributed by atoms with van der Waals surface area (Å²) in [4.78, 5) is 0. The number of morpholine rings is 1. The number of rotatable bonds is 0. The van der Waals surface area contributed by atoms with Crippen molar-refractivity contribution in [2.75, 3.05) is 26.3 Å². The summed E-state index contributed by atoms with van der Waals surface area (Å²) < 4.78 is 17.2. The van der Waals surface area contributed by atoms with Crippen LogP contribution >= 0.6 is 0 Å². The van der Waals surface area contributed by atoms with Crippen LogP contribution < -0.4 is 5.32 Å². The minimum absolute atomic E-state index is 0.162. The molecule has 78 valence electrons. The van der Waals surface area contributed by atoms with Crippen LogP contribution in [0.3, 0.4) is 0 Å². The van der Waals surface area contributed by atoms with Gasteiger partial charge in [-0.25, -0.2) is 4.39 Å². The molecule has 1 heterocycles. The molecule has 0 unspecified atom stereocenters. The minimum Gasteiger partial charge on any atom is -0.379 e. The van der Waals surface area contributed by atoms with Crippen molar-refractivity contribution >= 4 is 0 Å². The first-order chi connectivity index (χ1) is 6.79. The Balaban J connectivity index is 0.000000146. The second-order valence-electron chi connectivity index (χ2n) is 3.16. The van der Waals surface area contributed by atoms with Crippen LogP contribution in [-0.4, -0.2) is 26.3 Å². The minimum atomic E-state index is -0.162. The van der Waals surface area contributed by atoms with Crippen molar-refractivity contribution in [3.8, 4) is 0 Å². The first-order valence-corrected chi connectivity index (χ1v) is 4.79. The fourth-order valence-electron chi connectivity index (χ4n) is 1.12. The van der Waals surface area contributed by atoms with E-state index in [9.17, 15) is 4.39 Å². The van der Waals surface area contributed by atoms with Crippen molar-refractivity contribution in [2.45, 2.75) is 6.92 Å². The highest BCUT2D eigenvalue weighted by Gasteiger charge is 1.92. The summed E-state index contributed by atoms with van der Waals surface area (Å²) in [5, 5.41) is 3.16. The molecule has 3 heteroatoms. The monoisotopic (exact) mass is 197 g/mol. The lowest BCUT2D eigenvalue weighted by Gasteiger charge is -2.10. The van der Waals surface area contributed by atoms with Crippen LogP contribution in [0.4, 0.5) is 4.39 Å². The van der Waals surface area contributed by atoms with Gasteiger partial charge in [0.15, 0.2) is 0 Å². The maximum absolute atomic E-state index is 12.2. The van der Waals surface area contributed by atoms with E-state index < -0.39 is 0 Å². The molecule has 1 N–H and O–H groups in total. The molecule has 0 bridgehead atoms. The highest BCUT2D eigenvalue weighted by Crippen LogP contribution is 1.99. The van der Waals surface area contributed by atoms with Gasteiger partial charge >= 0.3 is 0 Å². The van der Waals surface area contributed by atoms with E-state index in [2.05, 4.69) is 5.32 Å². The van der Waals surface area contributed by atoms with Crippen molar-refractivity contribution in [2.24, 2.45) is 0 Å². The number of benzene rings is 1. The first-order valence-electron chi connectivity index (χ1n) is 4.79. The molecule has 0 spiro atoms. The molecule has 0 aliphatic carbocycles. The zero-order valence-corrected chi connectivity index (χ0v) is 8.42. The van der Waals surface area contributed by atoms with Crippen molar-refractivity contribution in [3.63, 3.8) is 0 Å². The highest BCUT2D eigenvalue weighted by atomic mass is 19.1. The van der Waals surface area contributed by atoms with E-state index in [-0.39, 0.29) is 5.82 Å². The number of aryl methyl sites for hydroxylation is 1. The summed E-state index contributed by atoms with van der Waals surface area (Å²) in [7, 11) is 0. The van der Waals surface area contributed by atoms with Crippen LogP contribution in [0.1, 0.15) is 5.56 Å². The van der Waals surface area contributed by atoms with Crippen molar-refractivity contribution < 1.29 is 9.13 Å². The SMILES string of the molecule is C1COCCN1.Cc1cccc(F)c1. The zero-order valence-electron chi connectivity index (χ0n) is 8.42. The zero-order chi connectivity index (χ0) is 10.2. The Morgan fingerprint density at radius 1 is 1.29 bits per heavy atom. The summed E-state index contributed by atoms with van der Waals surface area (Å²) in [5.41, 5.74) is 0.963. The van der Waals surface area contributed by atoms with Crippen molar-refractivity contribution in [1.29, 1.82) is 0 Å². The molecule has 0 amide bonds. The maximum atomic E-state index is 12.2. The van der Waals surface area contributed by atoms with E-state index in [1.807, 2.05) is 13.0 Å². The van der Waals surface area contributed by atoms with Crippen LogP contribution in [-0.2, 0) is 4.74 Å². The van der Waals surface area contributed by atoms with Gasteiger partial charge in [0.05, 0.1) is 13.2 Å². The van der Waals surface area contributed by atoms with Crippen LogP contribution in [0.15, 0.2) is 24.3 Å². The average Bonchev–Trinajstić information content (AvgIpc) is 2.21. The molecule has 1 aromatic rings. The molecular weight excluding hydrogens is 181 g/mol. The van der Waals surface area contributed by atoms with E-state index in [1.54, 1.807) is 6.07 Å². The third kappa shape index (κ3) is 4.94. The molecule has 1 fully saturated rings. The number of ether oxygens (including phenoxy) is 1. The predicted molar refractivity (Wildman–Crippen MR) is 54.8 cm³/mol. The van der Waals surface area contributed by atoms with E-state index in [4.69, 9.17) is 4.74 Å². The molecule has 14 heavy (non-hydrogen) atoms. The highest BCUT2D eigenvalue weighted by molar-refractivity contribution is 5.13. The molecule has 1 saturated heterocycles. The third-order valence-corrected chi connectivity index (χ3v) is 1.83. The number of hydrogen-bond acceptors (Lipinski definition) is 2. The number of nitrogens with one attached hydrogen (secondary N) is 1. The molecule has 2 nitrogen and oxygen atoms in total. The summed E-state index contributed by atoms with van der Waals surface area (Å²) in [6.45, 7) is 5.70. The van der Waals surface area contributed by atoms with E-state index >= 15 is 0 Å². The Labute approximate surface area is 84.1 Å².